The summed E-state index contributed by atoms with van der Waals surface area (Å²) >= 11 is 0. The highest BCUT2D eigenvalue weighted by atomic mass is 16.5. The van der Waals surface area contributed by atoms with Gasteiger partial charge in [-0.15, -0.1) is 0 Å². The topological polar surface area (TPSA) is 70.7 Å². The van der Waals surface area contributed by atoms with Crippen molar-refractivity contribution in [2.75, 3.05) is 26.3 Å². The van der Waals surface area contributed by atoms with Crippen molar-refractivity contribution in [1.82, 2.24) is 15.5 Å². The van der Waals surface area contributed by atoms with E-state index in [1.165, 1.54) is 6.42 Å². The summed E-state index contributed by atoms with van der Waals surface area (Å²) in [4.78, 5) is 27.2. The monoisotopic (exact) mass is 397 g/mol. The van der Waals surface area contributed by atoms with Crippen LogP contribution >= 0.6 is 0 Å². The number of likely N-dealkylation sites (N-methyl/N-ethyl adjacent to an activating group) is 1. The van der Waals surface area contributed by atoms with Gasteiger partial charge in [-0.1, -0.05) is 20.4 Å². The van der Waals surface area contributed by atoms with E-state index in [-0.39, 0.29) is 13.2 Å². The van der Waals surface area contributed by atoms with E-state index in [4.69, 9.17) is 4.74 Å². The first-order chi connectivity index (χ1) is 13.5. The van der Waals surface area contributed by atoms with Crippen molar-refractivity contribution in [3.63, 3.8) is 0 Å². The number of piperidine rings is 1. The minimum Gasteiger partial charge on any atom is -0.381 e. The summed E-state index contributed by atoms with van der Waals surface area (Å²) < 4.78 is 5.35. The van der Waals surface area contributed by atoms with Gasteiger partial charge in [-0.25, -0.2) is 0 Å². The molecule has 2 rings (SSSR count). The largest absolute Gasteiger partial charge is 0.381 e. The molecule has 2 aliphatic rings. The van der Waals surface area contributed by atoms with Crippen LogP contribution in [0.1, 0.15) is 74.1 Å². The molecule has 2 aliphatic heterocycles. The lowest BCUT2D eigenvalue weighted by Crippen LogP contribution is -2.49. The lowest BCUT2D eigenvalue weighted by molar-refractivity contribution is -0.129. The van der Waals surface area contributed by atoms with Crippen LogP contribution in [0.15, 0.2) is 12.3 Å². The quantitative estimate of drug-likeness (QED) is 0.658. The summed E-state index contributed by atoms with van der Waals surface area (Å²) in [7, 11) is 0. The number of hydrogen-bond acceptors (Lipinski definition) is 4. The Labute approximate surface area is 172 Å². The fourth-order valence-corrected chi connectivity index (χ4v) is 3.89. The lowest BCUT2D eigenvalue weighted by Gasteiger charge is -2.37. The molecule has 6 heteroatoms. The predicted molar refractivity (Wildman–Crippen MR) is 116 cm³/mol. The molecule has 2 atom stereocenters. The standard InChI is InChI=1S/C20H35N3O3.C2H6.H2/c1-4-21-20(25)18(13-16(3)23-10-6-5-7-15(23)2)22-19(24)14-17-8-11-26-12-9-17;1-2;/h15,17-18H,3-14H2,1-2H3,(H,21,25)(H,22,24);1-2H3;1H/t15-,18-;;/m0../s1. The Balaban J connectivity index is 0.00000253. The number of likely N-dealkylation sites (tertiary alicyclic amines) is 1. The van der Waals surface area contributed by atoms with E-state index in [0.717, 1.165) is 51.1 Å². The maximum absolute atomic E-state index is 12.5. The molecule has 2 heterocycles. The van der Waals surface area contributed by atoms with Gasteiger partial charge in [0, 0.05) is 52.3 Å². The molecule has 0 spiro atoms. The van der Waals surface area contributed by atoms with E-state index in [0.29, 0.717) is 31.3 Å². The van der Waals surface area contributed by atoms with Gasteiger partial charge < -0.3 is 20.3 Å². The van der Waals surface area contributed by atoms with Crippen molar-refractivity contribution in [3.8, 4) is 0 Å². The number of ether oxygens (including phenoxy) is 1. The maximum Gasteiger partial charge on any atom is 0.242 e. The van der Waals surface area contributed by atoms with E-state index >= 15 is 0 Å². The van der Waals surface area contributed by atoms with Crippen LogP contribution < -0.4 is 10.6 Å². The molecule has 164 valence electrons. The minimum atomic E-state index is -0.552. The Kier molecular flexibility index (Phi) is 11.9. The first-order valence-corrected chi connectivity index (χ1v) is 11.1. The van der Waals surface area contributed by atoms with Crippen LogP contribution in [0.2, 0.25) is 0 Å². The first kappa shape index (κ1) is 24.5. The van der Waals surface area contributed by atoms with Crippen molar-refractivity contribution in [1.29, 1.82) is 0 Å². The first-order valence-electron chi connectivity index (χ1n) is 11.1. The van der Waals surface area contributed by atoms with Crippen LogP contribution in [0.5, 0.6) is 0 Å². The molecule has 6 nitrogen and oxygen atoms in total. The summed E-state index contributed by atoms with van der Waals surface area (Å²) in [5.41, 5.74) is 0.944. The van der Waals surface area contributed by atoms with Crippen molar-refractivity contribution in [2.24, 2.45) is 5.92 Å². The van der Waals surface area contributed by atoms with Crippen LogP contribution in [-0.2, 0) is 14.3 Å². The molecule has 28 heavy (non-hydrogen) atoms. The van der Waals surface area contributed by atoms with Crippen LogP contribution in [0.4, 0.5) is 0 Å². The normalized spacial score (nSPS) is 21.1. The Morgan fingerprint density at radius 1 is 1.21 bits per heavy atom. The Hall–Kier alpha value is -1.56. The Morgan fingerprint density at radius 2 is 1.89 bits per heavy atom. The average Bonchev–Trinajstić information content (AvgIpc) is 2.70. The molecule has 0 unspecified atom stereocenters. The molecule has 0 aromatic rings. The van der Waals surface area contributed by atoms with Gasteiger partial charge in [-0.3, -0.25) is 9.59 Å². The van der Waals surface area contributed by atoms with Gasteiger partial charge in [0.1, 0.15) is 6.04 Å². The molecular weight excluding hydrogens is 354 g/mol. The summed E-state index contributed by atoms with van der Waals surface area (Å²) in [6.07, 6.45) is 6.31. The molecule has 2 fully saturated rings. The van der Waals surface area contributed by atoms with E-state index in [9.17, 15) is 9.59 Å². The Morgan fingerprint density at radius 3 is 2.50 bits per heavy atom. The van der Waals surface area contributed by atoms with Crippen LogP contribution in [0, 0.1) is 5.92 Å². The highest BCUT2D eigenvalue weighted by Crippen LogP contribution is 2.23. The highest BCUT2D eigenvalue weighted by molar-refractivity contribution is 5.87. The molecular formula is C22H43N3O3. The number of rotatable bonds is 8. The number of carbonyl (C=O) groups excluding carboxylic acids is 2. The summed E-state index contributed by atoms with van der Waals surface area (Å²) in [6, 6.07) is -0.104. The molecule has 2 N–H and O–H groups in total. The summed E-state index contributed by atoms with van der Waals surface area (Å²) in [6.45, 7) is 15.3. The molecule has 0 aromatic heterocycles. The third kappa shape index (κ3) is 8.21. The minimum absolute atomic E-state index is 0. The van der Waals surface area contributed by atoms with Gasteiger partial charge in [0.2, 0.25) is 11.8 Å². The van der Waals surface area contributed by atoms with Crippen LogP contribution in [0.3, 0.4) is 0 Å². The zero-order valence-corrected chi connectivity index (χ0v) is 18.4. The van der Waals surface area contributed by atoms with Gasteiger partial charge in [-0.05, 0) is 51.9 Å². The second kappa shape index (κ2) is 13.6. The molecule has 0 bridgehead atoms. The highest BCUT2D eigenvalue weighted by Gasteiger charge is 2.27. The van der Waals surface area contributed by atoms with Gasteiger partial charge in [0.25, 0.3) is 0 Å². The van der Waals surface area contributed by atoms with E-state index in [1.807, 2.05) is 20.8 Å². The predicted octanol–water partition coefficient (Wildman–Crippen LogP) is 3.47. The van der Waals surface area contributed by atoms with Crippen molar-refractivity contribution in [3.05, 3.63) is 12.3 Å². The lowest BCUT2D eigenvalue weighted by atomic mass is 9.96. The molecule has 0 aliphatic carbocycles. The van der Waals surface area contributed by atoms with Crippen LogP contribution in [0.25, 0.3) is 0 Å². The molecule has 0 radical (unpaired) electrons. The van der Waals surface area contributed by atoms with Crippen LogP contribution in [-0.4, -0.2) is 55.1 Å². The maximum atomic E-state index is 12.5. The zero-order valence-electron chi connectivity index (χ0n) is 18.4. The van der Waals surface area contributed by atoms with E-state index in [2.05, 4.69) is 29.0 Å². The van der Waals surface area contributed by atoms with Gasteiger partial charge >= 0.3 is 0 Å². The number of hydrogen-bond donors (Lipinski definition) is 2. The SMILES string of the molecule is C=C(C[C@H](NC(=O)CC1CCOCC1)C(=O)NCC)N1CCCC[C@@H]1C.CC.[HH]. The molecule has 0 saturated carbocycles. The number of nitrogens with zero attached hydrogens (tertiary/aromatic N) is 1. The van der Waals surface area contributed by atoms with E-state index in [1.54, 1.807) is 0 Å². The van der Waals surface area contributed by atoms with Gasteiger partial charge in [0.05, 0.1) is 0 Å². The third-order valence-electron chi connectivity index (χ3n) is 5.47. The summed E-state index contributed by atoms with van der Waals surface area (Å²) in [5.74, 6) is 0.176. The fraction of sp³-hybridized carbons (Fsp3) is 0.818. The third-order valence-corrected chi connectivity index (χ3v) is 5.47. The number of nitrogens with one attached hydrogen (secondary N) is 2. The average molecular weight is 398 g/mol. The molecule has 2 saturated heterocycles. The number of carbonyl (C=O) groups is 2. The Bertz CT molecular complexity index is 496. The molecule has 2 amide bonds. The van der Waals surface area contributed by atoms with Crippen molar-refractivity contribution >= 4 is 11.8 Å². The smallest absolute Gasteiger partial charge is 0.242 e. The molecule has 0 aromatic carbocycles. The van der Waals surface area contributed by atoms with Gasteiger partial charge in [0.15, 0.2) is 0 Å². The van der Waals surface area contributed by atoms with E-state index < -0.39 is 6.04 Å². The van der Waals surface area contributed by atoms with Gasteiger partial charge in [-0.2, -0.15) is 0 Å². The van der Waals surface area contributed by atoms with Crippen molar-refractivity contribution in [2.45, 2.75) is 84.7 Å². The number of amides is 2. The summed E-state index contributed by atoms with van der Waals surface area (Å²) in [5, 5.41) is 5.80. The van der Waals surface area contributed by atoms with Crippen molar-refractivity contribution < 1.29 is 15.8 Å². The second-order valence-corrected chi connectivity index (χ2v) is 7.58. The fourth-order valence-electron chi connectivity index (χ4n) is 3.89. The second-order valence-electron chi connectivity index (χ2n) is 7.58. The zero-order chi connectivity index (χ0) is 20.9.